The Kier molecular flexibility index (Phi) is 4.41. The fourth-order valence-corrected chi connectivity index (χ4v) is 3.36. The molecule has 124 valence electrons. The predicted molar refractivity (Wildman–Crippen MR) is 85.3 cm³/mol. The third-order valence-corrected chi connectivity index (χ3v) is 4.46. The number of ether oxygens (including phenoxy) is 2. The summed E-state index contributed by atoms with van der Waals surface area (Å²) >= 11 is 0. The number of benzene rings is 1. The summed E-state index contributed by atoms with van der Waals surface area (Å²) in [5, 5.41) is 3.23. The number of carbonyl (C=O) groups excluding carboxylic acids is 2. The fraction of sp³-hybridized carbons (Fsp3) is 0.529. The molecule has 0 radical (unpaired) electrons. The Morgan fingerprint density at radius 2 is 2.26 bits per heavy atom. The maximum absolute atomic E-state index is 12.2. The van der Waals surface area contributed by atoms with Gasteiger partial charge in [0.1, 0.15) is 11.8 Å². The summed E-state index contributed by atoms with van der Waals surface area (Å²) in [5.74, 6) is 0.621. The van der Waals surface area contributed by atoms with E-state index in [0.29, 0.717) is 19.4 Å². The van der Waals surface area contributed by atoms with Crippen molar-refractivity contribution in [2.24, 2.45) is 0 Å². The molecule has 1 aromatic rings. The Labute approximate surface area is 135 Å². The normalized spacial score (nSPS) is 23.2. The van der Waals surface area contributed by atoms with Crippen LogP contribution in [0.3, 0.4) is 0 Å². The van der Waals surface area contributed by atoms with Crippen LogP contribution in [-0.2, 0) is 14.3 Å². The molecule has 1 amide bonds. The zero-order valence-electron chi connectivity index (χ0n) is 13.5. The molecule has 0 aliphatic carbocycles. The van der Waals surface area contributed by atoms with Crippen molar-refractivity contribution in [2.45, 2.75) is 38.3 Å². The summed E-state index contributed by atoms with van der Waals surface area (Å²) in [6, 6.07) is 5.13. The van der Waals surface area contributed by atoms with E-state index in [4.69, 9.17) is 9.47 Å². The molecular formula is C17H22N2O4. The lowest BCUT2D eigenvalue weighted by Gasteiger charge is -2.37. The van der Waals surface area contributed by atoms with Gasteiger partial charge < -0.3 is 19.7 Å². The molecule has 2 atom stereocenters. The largest absolute Gasteiger partial charge is 0.497 e. The van der Waals surface area contributed by atoms with Gasteiger partial charge in [0, 0.05) is 30.6 Å². The summed E-state index contributed by atoms with van der Waals surface area (Å²) in [6.45, 7) is 2.87. The minimum absolute atomic E-state index is 0.120. The first kappa shape index (κ1) is 15.6. The number of anilines is 1. The zero-order valence-corrected chi connectivity index (χ0v) is 13.5. The molecule has 3 rings (SSSR count). The molecule has 1 fully saturated rings. The van der Waals surface area contributed by atoms with E-state index in [-0.39, 0.29) is 17.9 Å². The van der Waals surface area contributed by atoms with Gasteiger partial charge in [-0.2, -0.15) is 0 Å². The smallest absolute Gasteiger partial charge is 0.328 e. The summed E-state index contributed by atoms with van der Waals surface area (Å²) in [7, 11) is 1.62. The van der Waals surface area contributed by atoms with Crippen LogP contribution in [0.2, 0.25) is 0 Å². The van der Waals surface area contributed by atoms with E-state index in [0.717, 1.165) is 30.0 Å². The van der Waals surface area contributed by atoms with Gasteiger partial charge in [0.05, 0.1) is 19.8 Å². The molecule has 0 saturated carbocycles. The lowest BCUT2D eigenvalue weighted by Crippen LogP contribution is -2.42. The third kappa shape index (κ3) is 2.98. The lowest BCUT2D eigenvalue weighted by molar-refractivity contribution is -0.145. The minimum Gasteiger partial charge on any atom is -0.497 e. The molecule has 0 unspecified atom stereocenters. The maximum Gasteiger partial charge on any atom is 0.328 e. The van der Waals surface area contributed by atoms with Crippen molar-refractivity contribution in [1.82, 2.24) is 4.90 Å². The number of fused-ring (bicyclic) bond motifs is 1. The number of methoxy groups -OCH3 is 1. The van der Waals surface area contributed by atoms with Gasteiger partial charge in [0.15, 0.2) is 0 Å². The third-order valence-electron chi connectivity index (χ3n) is 4.46. The summed E-state index contributed by atoms with van der Waals surface area (Å²) in [5.41, 5.74) is 1.86. The first-order valence-corrected chi connectivity index (χ1v) is 8.04. The second-order valence-electron chi connectivity index (χ2n) is 5.84. The standard InChI is InChI=1S/C17H22N2O4/c1-3-23-17(21)14-10-15(19-8-4-5-16(19)20)12-9-11(22-2)6-7-13(12)18-14/h6-7,9,14-15,18H,3-5,8,10H2,1-2H3/t14-,15-/m0/s1. The Hall–Kier alpha value is -2.24. The van der Waals surface area contributed by atoms with E-state index in [2.05, 4.69) is 5.32 Å². The van der Waals surface area contributed by atoms with E-state index >= 15 is 0 Å². The fourth-order valence-electron chi connectivity index (χ4n) is 3.36. The van der Waals surface area contributed by atoms with Gasteiger partial charge in [-0.25, -0.2) is 4.79 Å². The van der Waals surface area contributed by atoms with Crippen molar-refractivity contribution in [2.75, 3.05) is 25.6 Å². The Bertz CT molecular complexity index is 617. The van der Waals surface area contributed by atoms with Gasteiger partial charge in [-0.3, -0.25) is 4.79 Å². The predicted octanol–water partition coefficient (Wildman–Crippen LogP) is 2.11. The van der Waals surface area contributed by atoms with E-state index in [1.165, 1.54) is 0 Å². The topological polar surface area (TPSA) is 67.9 Å². The Morgan fingerprint density at radius 1 is 1.43 bits per heavy atom. The van der Waals surface area contributed by atoms with Crippen molar-refractivity contribution in [3.8, 4) is 5.75 Å². The van der Waals surface area contributed by atoms with Crippen molar-refractivity contribution in [1.29, 1.82) is 0 Å². The number of amides is 1. The van der Waals surface area contributed by atoms with Crippen LogP contribution in [0.5, 0.6) is 5.75 Å². The van der Waals surface area contributed by atoms with Crippen LogP contribution < -0.4 is 10.1 Å². The van der Waals surface area contributed by atoms with Gasteiger partial charge in [-0.05, 0) is 31.5 Å². The highest BCUT2D eigenvalue weighted by molar-refractivity contribution is 5.83. The number of nitrogens with one attached hydrogen (secondary N) is 1. The van der Waals surface area contributed by atoms with Crippen LogP contribution in [0.4, 0.5) is 5.69 Å². The number of carbonyl (C=O) groups is 2. The van der Waals surface area contributed by atoms with Crippen molar-refractivity contribution < 1.29 is 19.1 Å². The van der Waals surface area contributed by atoms with Gasteiger partial charge in [-0.1, -0.05) is 0 Å². The van der Waals surface area contributed by atoms with Gasteiger partial charge in [0.2, 0.25) is 5.91 Å². The molecule has 1 N–H and O–H groups in total. The van der Waals surface area contributed by atoms with Crippen LogP contribution in [0.25, 0.3) is 0 Å². The highest BCUT2D eigenvalue weighted by atomic mass is 16.5. The van der Waals surface area contributed by atoms with Gasteiger partial charge >= 0.3 is 5.97 Å². The number of likely N-dealkylation sites (tertiary alicyclic amines) is 1. The highest BCUT2D eigenvalue weighted by Gasteiger charge is 2.38. The number of esters is 1. The molecule has 1 saturated heterocycles. The molecular weight excluding hydrogens is 296 g/mol. The Morgan fingerprint density at radius 3 is 2.91 bits per heavy atom. The van der Waals surface area contributed by atoms with Crippen molar-refractivity contribution >= 4 is 17.6 Å². The Balaban J connectivity index is 1.95. The number of hydrogen-bond acceptors (Lipinski definition) is 5. The van der Waals surface area contributed by atoms with Crippen molar-refractivity contribution in [3.05, 3.63) is 23.8 Å². The summed E-state index contributed by atoms with van der Waals surface area (Å²) in [4.78, 5) is 26.2. The number of hydrogen-bond donors (Lipinski definition) is 1. The number of nitrogens with zero attached hydrogens (tertiary/aromatic N) is 1. The van der Waals surface area contributed by atoms with E-state index < -0.39 is 6.04 Å². The van der Waals surface area contributed by atoms with E-state index in [9.17, 15) is 9.59 Å². The van der Waals surface area contributed by atoms with Crippen LogP contribution >= 0.6 is 0 Å². The molecule has 6 heteroatoms. The molecule has 0 aromatic heterocycles. The van der Waals surface area contributed by atoms with E-state index in [1.54, 1.807) is 14.0 Å². The second kappa shape index (κ2) is 6.48. The minimum atomic E-state index is -0.436. The summed E-state index contributed by atoms with van der Waals surface area (Å²) in [6.07, 6.45) is 1.96. The van der Waals surface area contributed by atoms with Gasteiger partial charge in [0.25, 0.3) is 0 Å². The first-order valence-electron chi connectivity index (χ1n) is 8.04. The molecule has 23 heavy (non-hydrogen) atoms. The highest BCUT2D eigenvalue weighted by Crippen LogP contribution is 2.40. The quantitative estimate of drug-likeness (QED) is 0.861. The molecule has 6 nitrogen and oxygen atoms in total. The molecule has 1 aromatic carbocycles. The van der Waals surface area contributed by atoms with Gasteiger partial charge in [-0.15, -0.1) is 0 Å². The average molecular weight is 318 g/mol. The van der Waals surface area contributed by atoms with Crippen molar-refractivity contribution in [3.63, 3.8) is 0 Å². The summed E-state index contributed by atoms with van der Waals surface area (Å²) < 4.78 is 10.5. The number of rotatable bonds is 4. The molecule has 2 aliphatic rings. The first-order chi connectivity index (χ1) is 11.1. The monoisotopic (exact) mass is 318 g/mol. The molecule has 0 spiro atoms. The zero-order chi connectivity index (χ0) is 16.4. The van der Waals surface area contributed by atoms with Crippen LogP contribution in [0, 0.1) is 0 Å². The van der Waals surface area contributed by atoms with Crippen LogP contribution in [-0.4, -0.2) is 43.1 Å². The van der Waals surface area contributed by atoms with Crippen LogP contribution in [0.15, 0.2) is 18.2 Å². The van der Waals surface area contributed by atoms with E-state index in [1.807, 2.05) is 23.1 Å². The second-order valence-corrected chi connectivity index (χ2v) is 5.84. The molecule has 2 heterocycles. The van der Waals surface area contributed by atoms with Crippen LogP contribution in [0.1, 0.15) is 37.8 Å². The SMILES string of the molecule is CCOC(=O)[C@@H]1C[C@H](N2CCCC2=O)c2cc(OC)ccc2N1. The lowest BCUT2D eigenvalue weighted by atomic mass is 9.91. The molecule has 0 bridgehead atoms. The average Bonchev–Trinajstić information content (AvgIpc) is 2.99. The molecule has 2 aliphatic heterocycles. The maximum atomic E-state index is 12.2.